The van der Waals surface area contributed by atoms with Crippen LogP contribution in [0, 0.1) is 11.6 Å². The van der Waals surface area contributed by atoms with Crippen LogP contribution >= 0.6 is 0 Å². The van der Waals surface area contributed by atoms with Gasteiger partial charge >= 0.3 is 6.03 Å². The second-order valence-electron chi connectivity index (χ2n) is 5.82. The maximum absolute atomic E-state index is 13.1. The molecule has 0 fully saturated rings. The minimum atomic E-state index is -3.51. The Labute approximate surface area is 156 Å². The van der Waals surface area contributed by atoms with Crippen LogP contribution in [0.25, 0.3) is 0 Å². The molecule has 2 rings (SSSR count). The van der Waals surface area contributed by atoms with Crippen LogP contribution in [0.4, 0.5) is 13.6 Å². The van der Waals surface area contributed by atoms with Gasteiger partial charge in [0.1, 0.15) is 11.6 Å². The molecule has 146 valence electrons. The molecule has 0 unspecified atom stereocenters. The van der Waals surface area contributed by atoms with E-state index in [1.165, 1.54) is 24.3 Å². The van der Waals surface area contributed by atoms with Gasteiger partial charge in [-0.15, -0.1) is 0 Å². The number of rotatable bonds is 8. The first-order chi connectivity index (χ1) is 12.8. The van der Waals surface area contributed by atoms with Crippen molar-refractivity contribution in [2.75, 3.05) is 18.9 Å². The molecule has 9 heteroatoms. The molecule has 0 bridgehead atoms. The summed E-state index contributed by atoms with van der Waals surface area (Å²) in [6.07, 6.45) is 0.277. The van der Waals surface area contributed by atoms with Crippen molar-refractivity contribution in [1.29, 1.82) is 0 Å². The third kappa shape index (κ3) is 6.61. The number of sulfone groups is 1. The number of aliphatic hydroxyl groups excluding tert-OH is 1. The molecule has 0 saturated carbocycles. The Morgan fingerprint density at radius 2 is 1.59 bits per heavy atom. The van der Waals surface area contributed by atoms with E-state index in [9.17, 15) is 22.0 Å². The number of carbonyl (C=O) groups is 1. The standard InChI is InChI=1S/C18H20F2N2O4S/c19-15-9-14(10-16(20)11-15)5-6-21-18(24)22-12-13-1-3-17(4-2-13)27(25,26)8-7-23/h1-4,9-11,23H,5-8,12H2,(H2,21,22,24). The third-order valence-corrected chi connectivity index (χ3v) is 5.43. The number of nitrogens with one attached hydrogen (secondary N) is 2. The molecule has 0 aliphatic carbocycles. The monoisotopic (exact) mass is 398 g/mol. The molecular weight excluding hydrogens is 378 g/mol. The van der Waals surface area contributed by atoms with Crippen LogP contribution in [0.2, 0.25) is 0 Å². The second-order valence-corrected chi connectivity index (χ2v) is 7.93. The summed E-state index contributed by atoms with van der Waals surface area (Å²) in [6.45, 7) is -0.0676. The highest BCUT2D eigenvalue weighted by Crippen LogP contribution is 2.12. The molecule has 0 radical (unpaired) electrons. The van der Waals surface area contributed by atoms with Crippen molar-refractivity contribution in [3.8, 4) is 0 Å². The van der Waals surface area contributed by atoms with Crippen molar-refractivity contribution >= 4 is 15.9 Å². The highest BCUT2D eigenvalue weighted by atomic mass is 32.2. The van der Waals surface area contributed by atoms with E-state index in [0.717, 1.165) is 6.07 Å². The Morgan fingerprint density at radius 1 is 0.963 bits per heavy atom. The highest BCUT2D eigenvalue weighted by molar-refractivity contribution is 7.91. The summed E-state index contributed by atoms with van der Waals surface area (Å²) >= 11 is 0. The average molecular weight is 398 g/mol. The van der Waals surface area contributed by atoms with Crippen molar-refractivity contribution in [1.82, 2.24) is 10.6 Å². The van der Waals surface area contributed by atoms with Crippen molar-refractivity contribution in [3.05, 3.63) is 65.2 Å². The molecule has 0 heterocycles. The van der Waals surface area contributed by atoms with E-state index >= 15 is 0 Å². The van der Waals surface area contributed by atoms with Gasteiger partial charge in [-0.1, -0.05) is 12.1 Å². The molecule has 0 aliphatic heterocycles. The summed E-state index contributed by atoms with van der Waals surface area (Å²) in [5.41, 5.74) is 1.13. The second kappa shape index (κ2) is 9.43. The lowest BCUT2D eigenvalue weighted by Crippen LogP contribution is -2.36. The third-order valence-electron chi connectivity index (χ3n) is 3.72. The van der Waals surface area contributed by atoms with Gasteiger partial charge in [0, 0.05) is 19.2 Å². The molecule has 2 aromatic carbocycles. The zero-order valence-corrected chi connectivity index (χ0v) is 15.2. The summed E-state index contributed by atoms with van der Waals surface area (Å²) in [5.74, 6) is -1.68. The molecule has 0 aliphatic rings. The van der Waals surface area contributed by atoms with Crippen LogP contribution < -0.4 is 10.6 Å². The predicted molar refractivity (Wildman–Crippen MR) is 95.9 cm³/mol. The van der Waals surface area contributed by atoms with Crippen LogP contribution in [0.15, 0.2) is 47.4 Å². The lowest BCUT2D eigenvalue weighted by atomic mass is 10.1. The Hall–Kier alpha value is -2.52. The topological polar surface area (TPSA) is 95.5 Å². The Bertz CT molecular complexity index is 866. The Balaban J connectivity index is 1.78. The van der Waals surface area contributed by atoms with Gasteiger partial charge in [-0.05, 0) is 41.8 Å². The van der Waals surface area contributed by atoms with Gasteiger partial charge in [0.05, 0.1) is 17.3 Å². The molecule has 2 amide bonds. The van der Waals surface area contributed by atoms with Gasteiger partial charge in [0.2, 0.25) is 0 Å². The number of urea groups is 1. The fraction of sp³-hybridized carbons (Fsp3) is 0.278. The van der Waals surface area contributed by atoms with Crippen molar-refractivity contribution < 1.29 is 27.1 Å². The minimum Gasteiger partial charge on any atom is -0.395 e. The summed E-state index contributed by atoms with van der Waals surface area (Å²) in [7, 11) is -3.51. The number of hydrogen-bond acceptors (Lipinski definition) is 4. The van der Waals surface area contributed by atoms with Crippen LogP contribution in [0.3, 0.4) is 0 Å². The molecule has 0 spiro atoms. The number of benzene rings is 2. The van der Waals surface area contributed by atoms with E-state index in [0.29, 0.717) is 11.1 Å². The minimum absolute atomic E-state index is 0.104. The van der Waals surface area contributed by atoms with Gasteiger partial charge in [-0.2, -0.15) is 0 Å². The molecule has 2 aromatic rings. The normalized spacial score (nSPS) is 11.2. The van der Waals surface area contributed by atoms with Gasteiger partial charge in [0.25, 0.3) is 0 Å². The van der Waals surface area contributed by atoms with Gasteiger partial charge in [0.15, 0.2) is 9.84 Å². The van der Waals surface area contributed by atoms with Gasteiger partial charge < -0.3 is 15.7 Å². The quantitative estimate of drug-likeness (QED) is 0.632. The number of halogens is 2. The van der Waals surface area contributed by atoms with E-state index in [1.54, 1.807) is 12.1 Å². The predicted octanol–water partition coefficient (Wildman–Crippen LogP) is 1.77. The van der Waals surface area contributed by atoms with E-state index in [2.05, 4.69) is 10.6 Å². The number of amides is 2. The zero-order chi connectivity index (χ0) is 19.9. The summed E-state index contributed by atoms with van der Waals surface area (Å²) in [6, 6.07) is 8.70. The number of hydrogen-bond donors (Lipinski definition) is 3. The molecule has 3 N–H and O–H groups in total. The smallest absolute Gasteiger partial charge is 0.315 e. The fourth-order valence-electron chi connectivity index (χ4n) is 2.37. The zero-order valence-electron chi connectivity index (χ0n) is 14.4. The van der Waals surface area contributed by atoms with Gasteiger partial charge in [-0.25, -0.2) is 22.0 Å². The lowest BCUT2D eigenvalue weighted by Gasteiger charge is -2.09. The fourth-order valence-corrected chi connectivity index (χ4v) is 3.40. The van der Waals surface area contributed by atoms with Crippen molar-refractivity contribution in [3.63, 3.8) is 0 Å². The maximum Gasteiger partial charge on any atom is 0.315 e. The lowest BCUT2D eigenvalue weighted by molar-refractivity contribution is 0.240. The summed E-state index contributed by atoms with van der Waals surface area (Å²) in [5, 5.41) is 13.9. The maximum atomic E-state index is 13.1. The first-order valence-electron chi connectivity index (χ1n) is 8.19. The molecule has 0 aromatic heterocycles. The summed E-state index contributed by atoms with van der Waals surface area (Å²) < 4.78 is 49.8. The highest BCUT2D eigenvalue weighted by Gasteiger charge is 2.13. The SMILES string of the molecule is O=C(NCCc1cc(F)cc(F)c1)NCc1ccc(S(=O)(=O)CCO)cc1. The van der Waals surface area contributed by atoms with Crippen molar-refractivity contribution in [2.24, 2.45) is 0 Å². The van der Waals surface area contributed by atoms with Crippen LogP contribution in [0.5, 0.6) is 0 Å². The Morgan fingerprint density at radius 3 is 2.19 bits per heavy atom. The Kier molecular flexibility index (Phi) is 7.26. The van der Waals surface area contributed by atoms with E-state index in [-0.39, 0.29) is 30.2 Å². The summed E-state index contributed by atoms with van der Waals surface area (Å²) in [4.78, 5) is 11.9. The van der Waals surface area contributed by atoms with Crippen LogP contribution in [-0.2, 0) is 22.8 Å². The molecule has 6 nitrogen and oxygen atoms in total. The molecule has 0 atom stereocenters. The van der Waals surface area contributed by atoms with Crippen LogP contribution in [-0.4, -0.2) is 38.5 Å². The van der Waals surface area contributed by atoms with E-state index < -0.39 is 34.1 Å². The van der Waals surface area contributed by atoms with Crippen molar-refractivity contribution in [2.45, 2.75) is 17.9 Å². The molecular formula is C18H20F2N2O4S. The largest absolute Gasteiger partial charge is 0.395 e. The molecule has 0 saturated heterocycles. The van der Waals surface area contributed by atoms with Gasteiger partial charge in [-0.3, -0.25) is 0 Å². The first kappa shape index (κ1) is 20.8. The average Bonchev–Trinajstić information content (AvgIpc) is 2.59. The van der Waals surface area contributed by atoms with Crippen LogP contribution in [0.1, 0.15) is 11.1 Å². The number of aliphatic hydroxyl groups is 1. The molecule has 27 heavy (non-hydrogen) atoms. The van der Waals surface area contributed by atoms with E-state index in [4.69, 9.17) is 5.11 Å². The number of carbonyl (C=O) groups excluding carboxylic acids is 1. The van der Waals surface area contributed by atoms with E-state index in [1.807, 2.05) is 0 Å². The first-order valence-corrected chi connectivity index (χ1v) is 9.84.